The number of carbonyl (C=O) groups is 1. The molecule has 3 aromatic rings. The molecular formula is C17H18N4OS2. The van der Waals surface area contributed by atoms with Crippen LogP contribution in [0.2, 0.25) is 0 Å². The summed E-state index contributed by atoms with van der Waals surface area (Å²) in [4.78, 5) is 22.8. The molecule has 0 fully saturated rings. The zero-order valence-corrected chi connectivity index (χ0v) is 14.9. The molecule has 0 aliphatic rings. The van der Waals surface area contributed by atoms with Crippen LogP contribution in [0.1, 0.15) is 17.8 Å². The van der Waals surface area contributed by atoms with E-state index in [1.54, 1.807) is 23.3 Å². The van der Waals surface area contributed by atoms with Crippen molar-refractivity contribution in [1.82, 2.24) is 14.9 Å². The number of aryl methyl sites for hydroxylation is 1. The van der Waals surface area contributed by atoms with Crippen molar-refractivity contribution in [3.05, 3.63) is 52.5 Å². The molecule has 0 saturated carbocycles. The fourth-order valence-electron chi connectivity index (χ4n) is 2.29. The van der Waals surface area contributed by atoms with E-state index in [4.69, 9.17) is 5.73 Å². The molecule has 7 heteroatoms. The Balaban J connectivity index is 1.55. The van der Waals surface area contributed by atoms with E-state index >= 15 is 0 Å². The van der Waals surface area contributed by atoms with Gasteiger partial charge in [-0.3, -0.25) is 4.79 Å². The molecule has 24 heavy (non-hydrogen) atoms. The van der Waals surface area contributed by atoms with Crippen LogP contribution in [-0.2, 0) is 17.8 Å². The van der Waals surface area contributed by atoms with Crippen LogP contribution in [0.3, 0.4) is 0 Å². The Kier molecular flexibility index (Phi) is 5.22. The van der Waals surface area contributed by atoms with Gasteiger partial charge < -0.3 is 10.6 Å². The van der Waals surface area contributed by atoms with Crippen LogP contribution in [0.4, 0.5) is 5.13 Å². The molecule has 0 aliphatic carbocycles. The normalized spacial score (nSPS) is 10.7. The standard InChI is InChI=1S/C17H18N4OS2/c1-21(15(22)8-7-13-10-24-17(18)20-13)9-14-11-23-16(19-14)12-5-3-2-4-6-12/h2-6,10-11H,7-9H2,1H3,(H2,18,20). The first-order chi connectivity index (χ1) is 11.6. The molecule has 0 spiro atoms. The maximum atomic E-state index is 12.3. The molecule has 1 aromatic carbocycles. The minimum atomic E-state index is 0.0795. The predicted octanol–water partition coefficient (Wildman–Crippen LogP) is 3.44. The van der Waals surface area contributed by atoms with E-state index in [1.807, 2.05) is 41.1 Å². The fourth-order valence-corrected chi connectivity index (χ4v) is 3.70. The van der Waals surface area contributed by atoms with Crippen molar-refractivity contribution >= 4 is 33.7 Å². The summed E-state index contributed by atoms with van der Waals surface area (Å²) in [5.74, 6) is 0.0795. The van der Waals surface area contributed by atoms with E-state index in [0.29, 0.717) is 24.5 Å². The molecule has 0 atom stereocenters. The molecule has 3 rings (SSSR count). The molecular weight excluding hydrogens is 340 g/mol. The Morgan fingerprint density at radius 1 is 1.12 bits per heavy atom. The molecule has 0 saturated heterocycles. The van der Waals surface area contributed by atoms with Gasteiger partial charge in [0.25, 0.3) is 0 Å². The van der Waals surface area contributed by atoms with E-state index in [1.165, 1.54) is 11.3 Å². The van der Waals surface area contributed by atoms with Crippen LogP contribution < -0.4 is 5.73 Å². The second-order valence-electron chi connectivity index (χ2n) is 5.44. The molecule has 5 nitrogen and oxygen atoms in total. The van der Waals surface area contributed by atoms with Gasteiger partial charge in [0, 0.05) is 29.8 Å². The molecule has 2 aromatic heterocycles. The number of benzene rings is 1. The molecule has 2 N–H and O–H groups in total. The smallest absolute Gasteiger partial charge is 0.223 e. The minimum Gasteiger partial charge on any atom is -0.375 e. The molecule has 1 amide bonds. The molecule has 2 heterocycles. The summed E-state index contributed by atoms with van der Waals surface area (Å²) in [5, 5.41) is 5.42. The summed E-state index contributed by atoms with van der Waals surface area (Å²) in [7, 11) is 1.80. The van der Waals surface area contributed by atoms with Crippen molar-refractivity contribution in [3.8, 4) is 10.6 Å². The number of nitrogens with zero attached hydrogens (tertiary/aromatic N) is 3. The molecule has 0 unspecified atom stereocenters. The number of rotatable bonds is 6. The van der Waals surface area contributed by atoms with Gasteiger partial charge in [0.2, 0.25) is 5.91 Å². The first-order valence-corrected chi connectivity index (χ1v) is 9.31. The maximum Gasteiger partial charge on any atom is 0.223 e. The third-order valence-corrected chi connectivity index (χ3v) is 5.22. The van der Waals surface area contributed by atoms with Crippen molar-refractivity contribution in [2.45, 2.75) is 19.4 Å². The summed E-state index contributed by atoms with van der Waals surface area (Å²) >= 11 is 3.00. The van der Waals surface area contributed by atoms with Gasteiger partial charge in [-0.15, -0.1) is 22.7 Å². The summed E-state index contributed by atoms with van der Waals surface area (Å²) in [5.41, 5.74) is 8.49. The van der Waals surface area contributed by atoms with Crippen LogP contribution in [-0.4, -0.2) is 27.8 Å². The van der Waals surface area contributed by atoms with Crippen LogP contribution in [0.25, 0.3) is 10.6 Å². The highest BCUT2D eigenvalue weighted by Gasteiger charge is 2.13. The number of hydrogen-bond donors (Lipinski definition) is 1. The summed E-state index contributed by atoms with van der Waals surface area (Å²) in [6.07, 6.45) is 1.04. The van der Waals surface area contributed by atoms with Crippen LogP contribution in [0, 0.1) is 0 Å². The minimum absolute atomic E-state index is 0.0795. The number of aromatic nitrogens is 2. The van der Waals surface area contributed by atoms with Crippen molar-refractivity contribution in [3.63, 3.8) is 0 Å². The van der Waals surface area contributed by atoms with Gasteiger partial charge >= 0.3 is 0 Å². The first kappa shape index (κ1) is 16.6. The first-order valence-electron chi connectivity index (χ1n) is 7.55. The highest BCUT2D eigenvalue weighted by molar-refractivity contribution is 7.13. The monoisotopic (exact) mass is 358 g/mol. The lowest BCUT2D eigenvalue weighted by atomic mass is 10.2. The number of anilines is 1. The Morgan fingerprint density at radius 3 is 2.58 bits per heavy atom. The quantitative estimate of drug-likeness (QED) is 0.733. The van der Waals surface area contributed by atoms with Gasteiger partial charge in [-0.2, -0.15) is 0 Å². The molecule has 0 radical (unpaired) electrons. The Bertz CT molecular complexity index is 813. The van der Waals surface area contributed by atoms with Gasteiger partial charge in [-0.25, -0.2) is 9.97 Å². The summed E-state index contributed by atoms with van der Waals surface area (Å²) in [6.45, 7) is 0.515. The van der Waals surface area contributed by atoms with Gasteiger partial charge in [0.05, 0.1) is 17.9 Å². The number of thiazole rings is 2. The van der Waals surface area contributed by atoms with Crippen LogP contribution >= 0.6 is 22.7 Å². The van der Waals surface area contributed by atoms with Gasteiger partial charge in [0.1, 0.15) is 5.01 Å². The van der Waals surface area contributed by atoms with E-state index in [-0.39, 0.29) is 5.91 Å². The number of hydrogen-bond acceptors (Lipinski definition) is 6. The zero-order valence-electron chi connectivity index (χ0n) is 13.3. The average molecular weight is 358 g/mol. The topological polar surface area (TPSA) is 72.1 Å². The second kappa shape index (κ2) is 7.55. The lowest BCUT2D eigenvalue weighted by Crippen LogP contribution is -2.26. The zero-order chi connectivity index (χ0) is 16.9. The highest BCUT2D eigenvalue weighted by atomic mass is 32.1. The summed E-state index contributed by atoms with van der Waals surface area (Å²) < 4.78 is 0. The molecule has 124 valence electrons. The summed E-state index contributed by atoms with van der Waals surface area (Å²) in [6, 6.07) is 10.1. The van der Waals surface area contributed by atoms with Crippen molar-refractivity contribution < 1.29 is 4.79 Å². The third-order valence-electron chi connectivity index (χ3n) is 3.56. The van der Waals surface area contributed by atoms with E-state index in [2.05, 4.69) is 9.97 Å². The Hall–Kier alpha value is -2.25. The maximum absolute atomic E-state index is 12.3. The van der Waals surface area contributed by atoms with Crippen molar-refractivity contribution in [2.24, 2.45) is 0 Å². The molecule has 0 bridgehead atoms. The number of nitrogen functional groups attached to an aromatic ring is 1. The number of nitrogens with two attached hydrogens (primary N) is 1. The fraction of sp³-hybridized carbons (Fsp3) is 0.235. The Morgan fingerprint density at radius 2 is 1.88 bits per heavy atom. The highest BCUT2D eigenvalue weighted by Crippen LogP contribution is 2.23. The SMILES string of the molecule is CN(Cc1csc(-c2ccccc2)n1)C(=O)CCc1csc(N)n1. The lowest BCUT2D eigenvalue weighted by Gasteiger charge is -2.15. The predicted molar refractivity (Wildman–Crippen MR) is 98.9 cm³/mol. The third kappa shape index (κ3) is 4.18. The second-order valence-corrected chi connectivity index (χ2v) is 7.18. The largest absolute Gasteiger partial charge is 0.375 e. The van der Waals surface area contributed by atoms with Gasteiger partial charge in [-0.05, 0) is 6.42 Å². The van der Waals surface area contributed by atoms with E-state index in [9.17, 15) is 4.79 Å². The van der Waals surface area contributed by atoms with Crippen molar-refractivity contribution in [2.75, 3.05) is 12.8 Å². The van der Waals surface area contributed by atoms with Crippen molar-refractivity contribution in [1.29, 1.82) is 0 Å². The van der Waals surface area contributed by atoms with Crippen LogP contribution in [0.15, 0.2) is 41.1 Å². The average Bonchev–Trinajstić information content (AvgIpc) is 3.22. The molecule has 0 aliphatic heterocycles. The lowest BCUT2D eigenvalue weighted by molar-refractivity contribution is -0.130. The van der Waals surface area contributed by atoms with Crippen LogP contribution in [0.5, 0.6) is 0 Å². The van der Waals surface area contributed by atoms with Gasteiger partial charge in [-0.1, -0.05) is 30.3 Å². The Labute approximate surface area is 148 Å². The van der Waals surface area contributed by atoms with Gasteiger partial charge in [0.15, 0.2) is 5.13 Å². The van der Waals surface area contributed by atoms with E-state index in [0.717, 1.165) is 22.0 Å². The number of carbonyl (C=O) groups excluding carboxylic acids is 1. The number of amides is 1. The van der Waals surface area contributed by atoms with E-state index < -0.39 is 0 Å².